The molecule has 26 heavy (non-hydrogen) atoms. The molecule has 0 bridgehead atoms. The van der Waals surface area contributed by atoms with Crippen LogP contribution in [0.3, 0.4) is 0 Å². The number of aryl methyl sites for hydroxylation is 2. The van der Waals surface area contributed by atoms with E-state index in [1.165, 1.54) is 6.26 Å². The first-order valence-corrected chi connectivity index (χ1v) is 10.7. The topological polar surface area (TPSA) is 81.1 Å². The predicted octanol–water partition coefficient (Wildman–Crippen LogP) is 2.97. The fourth-order valence-electron chi connectivity index (χ4n) is 3.79. The average Bonchev–Trinajstić information content (AvgIpc) is 2.92. The monoisotopic (exact) mass is 375 g/mol. The van der Waals surface area contributed by atoms with E-state index in [9.17, 15) is 13.2 Å². The van der Waals surface area contributed by atoms with Crippen molar-refractivity contribution in [1.29, 1.82) is 0 Å². The minimum Gasteiger partial charge on any atom is -0.322 e. The van der Waals surface area contributed by atoms with Crippen molar-refractivity contribution >= 4 is 21.4 Å². The summed E-state index contributed by atoms with van der Waals surface area (Å²) in [6, 6.07) is 6.78. The maximum absolute atomic E-state index is 13.3. The van der Waals surface area contributed by atoms with Crippen molar-refractivity contribution < 1.29 is 13.2 Å². The molecule has 1 aliphatic carbocycles. The highest BCUT2D eigenvalue weighted by Crippen LogP contribution is 2.41. The number of sulfone groups is 1. The summed E-state index contributed by atoms with van der Waals surface area (Å²) in [5.41, 5.74) is 1.74. The maximum Gasteiger partial charge on any atom is 0.235 e. The molecule has 1 amide bonds. The second-order valence-corrected chi connectivity index (χ2v) is 9.21. The lowest BCUT2D eigenvalue weighted by Gasteiger charge is -2.36. The Morgan fingerprint density at radius 1 is 1.15 bits per heavy atom. The van der Waals surface area contributed by atoms with Gasteiger partial charge in [0.05, 0.1) is 21.7 Å². The number of nitrogens with zero attached hydrogens (tertiary/aromatic N) is 2. The van der Waals surface area contributed by atoms with Gasteiger partial charge in [0.2, 0.25) is 5.91 Å². The molecule has 1 aromatic heterocycles. The van der Waals surface area contributed by atoms with Gasteiger partial charge in [-0.15, -0.1) is 0 Å². The number of benzene rings is 1. The van der Waals surface area contributed by atoms with Crippen molar-refractivity contribution in [3.05, 3.63) is 41.7 Å². The van der Waals surface area contributed by atoms with E-state index in [0.717, 1.165) is 49.0 Å². The molecule has 1 aliphatic rings. The van der Waals surface area contributed by atoms with Crippen LogP contribution in [0.25, 0.3) is 0 Å². The van der Waals surface area contributed by atoms with E-state index < -0.39 is 15.3 Å². The van der Waals surface area contributed by atoms with Gasteiger partial charge < -0.3 is 5.32 Å². The van der Waals surface area contributed by atoms with Crippen molar-refractivity contribution in [2.75, 3.05) is 11.6 Å². The van der Waals surface area contributed by atoms with Gasteiger partial charge in [-0.2, -0.15) is 5.10 Å². The lowest BCUT2D eigenvalue weighted by Crippen LogP contribution is -2.42. The van der Waals surface area contributed by atoms with Crippen molar-refractivity contribution in [2.45, 2.75) is 49.3 Å². The normalized spacial score (nSPS) is 17.0. The van der Waals surface area contributed by atoms with Gasteiger partial charge in [-0.3, -0.25) is 9.48 Å². The van der Waals surface area contributed by atoms with Crippen LogP contribution in [0.4, 0.5) is 5.69 Å². The van der Waals surface area contributed by atoms with Crippen LogP contribution in [0.5, 0.6) is 0 Å². The Morgan fingerprint density at radius 3 is 2.27 bits per heavy atom. The number of anilines is 1. The van der Waals surface area contributed by atoms with Crippen LogP contribution in [0.1, 0.15) is 43.4 Å². The Kier molecular flexibility index (Phi) is 4.92. The number of hydrogen-bond acceptors (Lipinski definition) is 4. The molecule has 1 heterocycles. The largest absolute Gasteiger partial charge is 0.322 e. The number of carbonyl (C=O) groups is 1. The van der Waals surface area contributed by atoms with Crippen molar-refractivity contribution in [3.63, 3.8) is 0 Å². The summed E-state index contributed by atoms with van der Waals surface area (Å²) in [6.45, 7) is 1.87. The standard InChI is InChI=1S/C19H25N3O3S/c1-14-17(13-22(2)21-14)20-18(23)19(11-5-4-6-12-19)15-7-9-16(10-8-15)26(3,24)25/h7-10,13H,4-6,11-12H2,1-3H3,(H,20,23). The van der Waals surface area contributed by atoms with E-state index in [4.69, 9.17) is 0 Å². The zero-order valence-corrected chi connectivity index (χ0v) is 16.3. The highest BCUT2D eigenvalue weighted by atomic mass is 32.2. The number of hydrogen-bond donors (Lipinski definition) is 1. The quantitative estimate of drug-likeness (QED) is 0.891. The fraction of sp³-hybridized carbons (Fsp3) is 0.474. The van der Waals surface area contributed by atoms with Crippen LogP contribution in [0.2, 0.25) is 0 Å². The molecule has 0 atom stereocenters. The second kappa shape index (κ2) is 6.87. The van der Waals surface area contributed by atoms with Gasteiger partial charge in [0.1, 0.15) is 0 Å². The first kappa shape index (κ1) is 18.6. The molecule has 1 saturated carbocycles. The molecule has 1 aromatic carbocycles. The molecule has 0 spiro atoms. The summed E-state index contributed by atoms with van der Waals surface area (Å²) in [5.74, 6) is -0.0413. The van der Waals surface area contributed by atoms with Crippen molar-refractivity contribution in [1.82, 2.24) is 9.78 Å². The van der Waals surface area contributed by atoms with Gasteiger partial charge in [-0.1, -0.05) is 31.4 Å². The molecule has 0 unspecified atom stereocenters. The summed E-state index contributed by atoms with van der Waals surface area (Å²) in [7, 11) is -1.43. The molecule has 1 fully saturated rings. The Labute approximate surface area is 154 Å². The fourth-order valence-corrected chi connectivity index (χ4v) is 4.42. The Balaban J connectivity index is 1.96. The molecular formula is C19H25N3O3S. The third kappa shape index (κ3) is 3.53. The minimum absolute atomic E-state index is 0.0413. The summed E-state index contributed by atoms with van der Waals surface area (Å²) in [4.78, 5) is 13.5. The lowest BCUT2D eigenvalue weighted by molar-refractivity contribution is -0.122. The van der Waals surface area contributed by atoms with Gasteiger partial charge in [0.25, 0.3) is 0 Å². The summed E-state index contributed by atoms with van der Waals surface area (Å²) in [5, 5.41) is 7.32. The number of nitrogens with one attached hydrogen (secondary N) is 1. The first-order chi connectivity index (χ1) is 12.2. The molecule has 3 rings (SSSR count). The smallest absolute Gasteiger partial charge is 0.235 e. The molecule has 2 aromatic rings. The van der Waals surface area contributed by atoms with E-state index in [-0.39, 0.29) is 10.8 Å². The molecular weight excluding hydrogens is 350 g/mol. The molecule has 0 aliphatic heterocycles. The zero-order chi connectivity index (χ0) is 18.9. The SMILES string of the molecule is Cc1nn(C)cc1NC(=O)C1(c2ccc(S(C)(=O)=O)cc2)CCCCC1. The van der Waals surface area contributed by atoms with Gasteiger partial charge in [0, 0.05) is 19.5 Å². The van der Waals surface area contributed by atoms with E-state index in [0.29, 0.717) is 0 Å². The van der Waals surface area contributed by atoms with Crippen LogP contribution in [-0.2, 0) is 27.1 Å². The minimum atomic E-state index is -3.25. The van der Waals surface area contributed by atoms with E-state index in [1.54, 1.807) is 35.1 Å². The molecule has 0 radical (unpaired) electrons. The second-order valence-electron chi connectivity index (χ2n) is 7.20. The highest BCUT2D eigenvalue weighted by molar-refractivity contribution is 7.90. The molecule has 0 saturated heterocycles. The van der Waals surface area contributed by atoms with Gasteiger partial charge in [-0.25, -0.2) is 8.42 Å². The first-order valence-electron chi connectivity index (χ1n) is 8.85. The Bertz CT molecular complexity index is 908. The average molecular weight is 375 g/mol. The highest BCUT2D eigenvalue weighted by Gasteiger charge is 2.41. The van der Waals surface area contributed by atoms with Crippen molar-refractivity contribution in [2.24, 2.45) is 7.05 Å². The van der Waals surface area contributed by atoms with E-state index in [2.05, 4.69) is 10.4 Å². The van der Waals surface area contributed by atoms with Gasteiger partial charge >= 0.3 is 0 Å². The van der Waals surface area contributed by atoms with E-state index >= 15 is 0 Å². The molecule has 1 N–H and O–H groups in total. The Hall–Kier alpha value is -2.15. The van der Waals surface area contributed by atoms with Gasteiger partial charge in [0.15, 0.2) is 9.84 Å². The van der Waals surface area contributed by atoms with E-state index in [1.807, 2.05) is 14.0 Å². The maximum atomic E-state index is 13.3. The predicted molar refractivity (Wildman–Crippen MR) is 101 cm³/mol. The third-order valence-electron chi connectivity index (χ3n) is 5.24. The summed E-state index contributed by atoms with van der Waals surface area (Å²) >= 11 is 0. The lowest BCUT2D eigenvalue weighted by atomic mass is 9.68. The summed E-state index contributed by atoms with van der Waals surface area (Å²) < 4.78 is 25.1. The Morgan fingerprint density at radius 2 is 1.77 bits per heavy atom. The third-order valence-corrected chi connectivity index (χ3v) is 6.37. The number of amides is 1. The van der Waals surface area contributed by atoms with Gasteiger partial charge in [-0.05, 0) is 37.5 Å². The van der Waals surface area contributed by atoms with Crippen LogP contribution >= 0.6 is 0 Å². The van der Waals surface area contributed by atoms with Crippen LogP contribution in [0.15, 0.2) is 35.4 Å². The van der Waals surface area contributed by atoms with Crippen LogP contribution in [-0.4, -0.2) is 30.4 Å². The number of aromatic nitrogens is 2. The number of rotatable bonds is 4. The molecule has 6 nitrogen and oxygen atoms in total. The molecule has 140 valence electrons. The van der Waals surface area contributed by atoms with Crippen LogP contribution in [0, 0.1) is 6.92 Å². The molecule has 7 heteroatoms. The summed E-state index contributed by atoms with van der Waals surface area (Å²) in [6.07, 6.45) is 7.59. The zero-order valence-electron chi connectivity index (χ0n) is 15.4. The number of carbonyl (C=O) groups excluding carboxylic acids is 1. The van der Waals surface area contributed by atoms with Crippen LogP contribution < -0.4 is 5.32 Å². The van der Waals surface area contributed by atoms with Crippen molar-refractivity contribution in [3.8, 4) is 0 Å².